The molecule has 4 rings (SSSR count). The van der Waals surface area contributed by atoms with Crippen molar-refractivity contribution in [2.45, 2.75) is 85.0 Å². The van der Waals surface area contributed by atoms with Crippen LogP contribution in [0.25, 0.3) is 0 Å². The first kappa shape index (κ1) is 32.8. The Labute approximate surface area is 260 Å². The van der Waals surface area contributed by atoms with Crippen molar-refractivity contribution in [2.24, 2.45) is 17.8 Å². The Morgan fingerprint density at radius 1 is 0.977 bits per heavy atom. The molecule has 1 heterocycles. The number of rotatable bonds is 8. The molecule has 1 aliphatic carbocycles. The second kappa shape index (κ2) is 14.6. The van der Waals surface area contributed by atoms with Crippen molar-refractivity contribution in [1.29, 1.82) is 0 Å². The lowest BCUT2D eigenvalue weighted by Gasteiger charge is -2.44. The van der Waals surface area contributed by atoms with E-state index in [4.69, 9.17) is 4.74 Å². The van der Waals surface area contributed by atoms with Gasteiger partial charge in [0, 0.05) is 18.8 Å². The molecule has 10 heteroatoms. The number of ether oxygens (including phenoxy) is 1. The summed E-state index contributed by atoms with van der Waals surface area (Å²) >= 11 is 0. The molecule has 0 radical (unpaired) electrons. The minimum atomic E-state index is -1.33. The number of nitrogens with zero attached hydrogens (tertiary/aromatic N) is 2. The normalized spacial score (nSPS) is 22.7. The van der Waals surface area contributed by atoms with Crippen LogP contribution in [0.3, 0.4) is 0 Å². The number of carboxylic acids is 1. The molecule has 2 aromatic rings. The molecule has 1 saturated carbocycles. The molecule has 238 valence electrons. The number of urea groups is 1. The molecule has 1 aliphatic heterocycles. The van der Waals surface area contributed by atoms with E-state index in [1.165, 1.54) is 9.80 Å². The number of aliphatic carboxylic acids is 1. The van der Waals surface area contributed by atoms with Crippen molar-refractivity contribution in [3.63, 3.8) is 0 Å². The van der Waals surface area contributed by atoms with Crippen LogP contribution in [0, 0.1) is 31.6 Å². The van der Waals surface area contributed by atoms with Gasteiger partial charge in [0.15, 0.2) is 6.17 Å². The highest BCUT2D eigenvalue weighted by Gasteiger charge is 2.44. The van der Waals surface area contributed by atoms with Crippen molar-refractivity contribution in [3.05, 3.63) is 65.2 Å². The number of carbonyl (C=O) groups excluding carboxylic acids is 3. The molecular formula is C34H46N4O6. The zero-order valence-electron chi connectivity index (χ0n) is 26.4. The molecule has 0 bridgehead atoms. The summed E-state index contributed by atoms with van der Waals surface area (Å²) in [7, 11) is 0. The van der Waals surface area contributed by atoms with E-state index >= 15 is 0 Å². The predicted octanol–water partition coefficient (Wildman–Crippen LogP) is 6.10. The Bertz CT molecular complexity index is 1350. The Kier molecular flexibility index (Phi) is 10.9. The van der Waals surface area contributed by atoms with Gasteiger partial charge < -0.3 is 20.5 Å². The third kappa shape index (κ3) is 8.30. The summed E-state index contributed by atoms with van der Waals surface area (Å²) in [4.78, 5) is 56.2. The third-order valence-electron chi connectivity index (χ3n) is 8.74. The highest BCUT2D eigenvalue weighted by atomic mass is 16.6. The lowest BCUT2D eigenvalue weighted by Crippen LogP contribution is -2.64. The summed E-state index contributed by atoms with van der Waals surface area (Å²) < 4.78 is 6.14. The molecule has 5 atom stereocenters. The van der Waals surface area contributed by atoms with Gasteiger partial charge in [0.2, 0.25) is 0 Å². The number of hydrogen-bond acceptors (Lipinski definition) is 5. The van der Waals surface area contributed by atoms with Crippen LogP contribution in [-0.2, 0) is 14.3 Å². The maximum atomic E-state index is 14.1. The van der Waals surface area contributed by atoms with E-state index < -0.39 is 36.2 Å². The number of benzene rings is 2. The molecule has 1 saturated heterocycles. The minimum absolute atomic E-state index is 0.203. The molecule has 10 nitrogen and oxygen atoms in total. The number of hydrogen-bond donors (Lipinski definition) is 3. The summed E-state index contributed by atoms with van der Waals surface area (Å²) in [6, 6.07) is 13.2. The SMILES string of the molecule is Cc1cccc(NC(=O)N2CCCN(C(=O)OC3CC(C)CCC3C(C)C)C2C(=O)NC(CC(=O)O)c2cccc(C)c2)c1. The van der Waals surface area contributed by atoms with Crippen LogP contribution >= 0.6 is 0 Å². The van der Waals surface area contributed by atoms with Gasteiger partial charge in [-0.3, -0.25) is 19.4 Å². The van der Waals surface area contributed by atoms with Crippen LogP contribution in [-0.4, -0.2) is 64.3 Å². The Hall–Kier alpha value is -4.08. The fourth-order valence-electron chi connectivity index (χ4n) is 6.44. The van der Waals surface area contributed by atoms with Gasteiger partial charge in [-0.25, -0.2) is 9.59 Å². The molecule has 2 aliphatic rings. The Balaban J connectivity index is 1.64. The molecule has 44 heavy (non-hydrogen) atoms. The van der Waals surface area contributed by atoms with Crippen LogP contribution in [0.15, 0.2) is 48.5 Å². The molecule has 0 spiro atoms. The van der Waals surface area contributed by atoms with Crippen molar-refractivity contribution in [3.8, 4) is 0 Å². The van der Waals surface area contributed by atoms with Crippen LogP contribution in [0.4, 0.5) is 15.3 Å². The van der Waals surface area contributed by atoms with Crippen molar-refractivity contribution >= 4 is 29.7 Å². The van der Waals surface area contributed by atoms with Gasteiger partial charge in [-0.1, -0.05) is 69.2 Å². The van der Waals surface area contributed by atoms with E-state index in [2.05, 4.69) is 31.4 Å². The summed E-state index contributed by atoms with van der Waals surface area (Å²) in [6.07, 6.45) is 0.586. The average Bonchev–Trinajstić information content (AvgIpc) is 2.96. The van der Waals surface area contributed by atoms with E-state index in [0.29, 0.717) is 29.5 Å². The van der Waals surface area contributed by atoms with E-state index in [9.17, 15) is 24.3 Å². The number of anilines is 1. The van der Waals surface area contributed by atoms with Crippen LogP contribution < -0.4 is 10.6 Å². The first-order valence-corrected chi connectivity index (χ1v) is 15.6. The van der Waals surface area contributed by atoms with E-state index in [0.717, 1.165) is 30.4 Å². The smallest absolute Gasteiger partial charge is 0.412 e. The molecule has 0 aromatic heterocycles. The fourth-order valence-corrected chi connectivity index (χ4v) is 6.44. The van der Waals surface area contributed by atoms with E-state index in [-0.39, 0.29) is 31.5 Å². The predicted molar refractivity (Wildman–Crippen MR) is 168 cm³/mol. The number of nitrogens with one attached hydrogen (secondary N) is 2. The average molecular weight is 607 g/mol. The quantitative estimate of drug-likeness (QED) is 0.333. The zero-order valence-corrected chi connectivity index (χ0v) is 26.4. The Morgan fingerprint density at radius 2 is 1.66 bits per heavy atom. The van der Waals surface area contributed by atoms with Gasteiger partial charge in [0.25, 0.3) is 5.91 Å². The van der Waals surface area contributed by atoms with Gasteiger partial charge in [-0.2, -0.15) is 0 Å². The van der Waals surface area contributed by atoms with Crippen molar-refractivity contribution in [1.82, 2.24) is 15.1 Å². The standard InChI is InChI=1S/C34H46N4O6/c1-21(2)27-14-13-24(5)19-29(27)44-34(43)38-16-8-15-37(33(42)35-26-12-7-10-23(4)18-26)32(38)31(41)36-28(20-30(39)40)25-11-6-9-22(3)17-25/h6-7,9-12,17-18,21,24,27-29,32H,8,13-16,19-20H2,1-5H3,(H,35,42)(H,36,41)(H,39,40). The highest BCUT2D eigenvalue weighted by molar-refractivity contribution is 5.95. The summed E-state index contributed by atoms with van der Waals surface area (Å²) in [5.41, 5.74) is 3.05. The van der Waals surface area contributed by atoms with E-state index in [1.807, 2.05) is 44.2 Å². The van der Waals surface area contributed by atoms with Gasteiger partial charge >= 0.3 is 18.1 Å². The first-order valence-electron chi connectivity index (χ1n) is 15.6. The monoisotopic (exact) mass is 606 g/mol. The van der Waals surface area contributed by atoms with Gasteiger partial charge in [-0.05, 0) is 74.1 Å². The zero-order chi connectivity index (χ0) is 32.0. The molecule has 2 fully saturated rings. The highest BCUT2D eigenvalue weighted by Crippen LogP contribution is 2.36. The fraction of sp³-hybridized carbons (Fsp3) is 0.529. The number of carboxylic acid groups (broad SMARTS) is 1. The lowest BCUT2D eigenvalue weighted by molar-refractivity contribution is -0.139. The number of carbonyl (C=O) groups is 4. The summed E-state index contributed by atoms with van der Waals surface area (Å²) in [5, 5.41) is 15.4. The molecule has 3 N–H and O–H groups in total. The summed E-state index contributed by atoms with van der Waals surface area (Å²) in [6.45, 7) is 10.6. The number of amides is 4. The van der Waals surface area contributed by atoms with Gasteiger partial charge in [0.1, 0.15) is 6.10 Å². The minimum Gasteiger partial charge on any atom is -0.481 e. The van der Waals surface area contributed by atoms with Crippen LogP contribution in [0.2, 0.25) is 0 Å². The maximum absolute atomic E-state index is 14.1. The number of aryl methyl sites for hydroxylation is 2. The molecular weight excluding hydrogens is 560 g/mol. The summed E-state index contributed by atoms with van der Waals surface area (Å²) in [5.74, 6) is -0.799. The first-order chi connectivity index (χ1) is 20.9. The van der Waals surface area contributed by atoms with Crippen molar-refractivity contribution in [2.75, 3.05) is 18.4 Å². The lowest BCUT2D eigenvalue weighted by atomic mass is 9.75. The Morgan fingerprint density at radius 3 is 2.32 bits per heavy atom. The van der Waals surface area contributed by atoms with E-state index in [1.54, 1.807) is 18.2 Å². The molecule has 2 aromatic carbocycles. The topological polar surface area (TPSA) is 128 Å². The van der Waals surface area contributed by atoms with Gasteiger partial charge in [0.05, 0.1) is 12.5 Å². The van der Waals surface area contributed by atoms with Crippen LogP contribution in [0.1, 0.15) is 75.6 Å². The second-order valence-corrected chi connectivity index (χ2v) is 12.7. The van der Waals surface area contributed by atoms with Gasteiger partial charge in [-0.15, -0.1) is 0 Å². The molecule has 4 amide bonds. The third-order valence-corrected chi connectivity index (χ3v) is 8.74. The molecule has 5 unspecified atom stereocenters. The largest absolute Gasteiger partial charge is 0.481 e. The maximum Gasteiger partial charge on any atom is 0.412 e. The van der Waals surface area contributed by atoms with Crippen molar-refractivity contribution < 1.29 is 29.0 Å². The second-order valence-electron chi connectivity index (χ2n) is 12.7. The van der Waals surface area contributed by atoms with Crippen LogP contribution in [0.5, 0.6) is 0 Å².